The van der Waals surface area contributed by atoms with Crippen molar-refractivity contribution in [1.82, 2.24) is 0 Å². The molecule has 0 heterocycles. The Hall–Kier alpha value is -2.89. The molecule has 2 atom stereocenters. The van der Waals surface area contributed by atoms with Crippen LogP contribution in [0, 0.1) is 0 Å². The summed E-state index contributed by atoms with van der Waals surface area (Å²) in [6.07, 6.45) is 0. The van der Waals surface area contributed by atoms with Gasteiger partial charge in [-0.3, -0.25) is 4.79 Å². The minimum atomic E-state index is -0.260. The van der Waals surface area contributed by atoms with Gasteiger partial charge in [-0.1, -0.05) is 117 Å². The minimum absolute atomic E-state index is 0.166. The smallest absolute Gasteiger partial charge is 0.149 e. The molecule has 3 nitrogen and oxygen atoms in total. The van der Waals surface area contributed by atoms with Gasteiger partial charge >= 0.3 is 0 Å². The minimum Gasteiger partial charge on any atom is -0.489 e. The van der Waals surface area contributed by atoms with E-state index in [1.54, 1.807) is 0 Å². The van der Waals surface area contributed by atoms with Gasteiger partial charge in [0.2, 0.25) is 0 Å². The molecular formula is C31H28Br2O3. The summed E-state index contributed by atoms with van der Waals surface area (Å²) in [5, 5.41) is 1.11. The molecule has 4 aromatic carbocycles. The number of carbonyl (C=O) groups is 1. The number of alkyl halides is 2. The molecule has 0 saturated carbocycles. The van der Waals surface area contributed by atoms with Crippen molar-refractivity contribution in [2.45, 2.75) is 25.0 Å². The molecule has 0 N–H and O–H groups in total. The van der Waals surface area contributed by atoms with Gasteiger partial charge in [-0.05, 0) is 46.5 Å². The average Bonchev–Trinajstić information content (AvgIpc) is 2.94. The Morgan fingerprint density at radius 2 is 0.917 bits per heavy atom. The highest BCUT2D eigenvalue weighted by Crippen LogP contribution is 2.31. The molecule has 36 heavy (non-hydrogen) atoms. The van der Waals surface area contributed by atoms with Gasteiger partial charge in [0.15, 0.2) is 0 Å². The number of ether oxygens (including phenoxy) is 2. The van der Waals surface area contributed by atoms with E-state index in [1.165, 1.54) is 0 Å². The van der Waals surface area contributed by atoms with Gasteiger partial charge in [-0.15, -0.1) is 0 Å². The van der Waals surface area contributed by atoms with E-state index in [2.05, 4.69) is 31.9 Å². The van der Waals surface area contributed by atoms with E-state index in [-0.39, 0.29) is 17.6 Å². The second-order valence-electron chi connectivity index (χ2n) is 8.50. The van der Waals surface area contributed by atoms with Crippen molar-refractivity contribution >= 4 is 37.6 Å². The summed E-state index contributed by atoms with van der Waals surface area (Å²) >= 11 is 7.14. The van der Waals surface area contributed by atoms with Crippen LogP contribution in [0.1, 0.15) is 34.1 Å². The molecule has 0 aromatic heterocycles. The van der Waals surface area contributed by atoms with Gasteiger partial charge in [0.05, 0.1) is 11.8 Å². The predicted molar refractivity (Wildman–Crippen MR) is 153 cm³/mol. The SMILES string of the molecule is O=C(C(CBr)c1ccc(OCc2ccccc2)cc1)C(CBr)c1ccc(OCc2ccccc2)cc1. The number of Topliss-reactive ketones (excluding diaryl/α,β-unsaturated/α-hetero) is 1. The topological polar surface area (TPSA) is 35.5 Å². The number of hydrogen-bond donors (Lipinski definition) is 0. The van der Waals surface area contributed by atoms with Crippen LogP contribution in [-0.4, -0.2) is 16.4 Å². The highest BCUT2D eigenvalue weighted by atomic mass is 79.9. The van der Waals surface area contributed by atoms with Gasteiger partial charge in [0, 0.05) is 10.7 Å². The molecule has 0 aliphatic heterocycles. The van der Waals surface area contributed by atoms with E-state index in [4.69, 9.17) is 9.47 Å². The third-order valence-electron chi connectivity index (χ3n) is 6.06. The fraction of sp³-hybridized carbons (Fsp3) is 0.194. The zero-order chi connectivity index (χ0) is 25.2. The van der Waals surface area contributed by atoms with Crippen LogP contribution in [0.5, 0.6) is 11.5 Å². The third-order valence-corrected chi connectivity index (χ3v) is 7.35. The first-order valence-electron chi connectivity index (χ1n) is 11.9. The van der Waals surface area contributed by atoms with E-state index in [0.29, 0.717) is 23.9 Å². The molecule has 5 heteroatoms. The maximum Gasteiger partial charge on any atom is 0.149 e. The average molecular weight is 608 g/mol. The number of ketones is 1. The summed E-state index contributed by atoms with van der Waals surface area (Å²) in [7, 11) is 0. The first-order chi connectivity index (χ1) is 17.7. The zero-order valence-corrected chi connectivity index (χ0v) is 23.0. The van der Waals surface area contributed by atoms with Crippen molar-refractivity contribution in [2.75, 3.05) is 10.7 Å². The lowest BCUT2D eigenvalue weighted by Gasteiger charge is -2.21. The van der Waals surface area contributed by atoms with E-state index >= 15 is 0 Å². The van der Waals surface area contributed by atoms with E-state index < -0.39 is 0 Å². The van der Waals surface area contributed by atoms with Crippen molar-refractivity contribution in [2.24, 2.45) is 0 Å². The van der Waals surface area contributed by atoms with E-state index in [1.807, 2.05) is 109 Å². The molecule has 0 spiro atoms. The molecule has 0 radical (unpaired) electrons. The van der Waals surface area contributed by atoms with Crippen LogP contribution >= 0.6 is 31.9 Å². The maximum absolute atomic E-state index is 13.6. The quantitative estimate of drug-likeness (QED) is 0.153. The molecule has 0 bridgehead atoms. The first-order valence-corrected chi connectivity index (χ1v) is 14.1. The van der Waals surface area contributed by atoms with Crippen molar-refractivity contribution in [3.8, 4) is 11.5 Å². The van der Waals surface area contributed by atoms with Gasteiger partial charge in [-0.25, -0.2) is 0 Å². The lowest BCUT2D eigenvalue weighted by atomic mass is 9.86. The summed E-state index contributed by atoms with van der Waals surface area (Å²) in [4.78, 5) is 13.6. The van der Waals surface area contributed by atoms with Crippen LogP contribution in [0.15, 0.2) is 109 Å². The molecule has 2 unspecified atom stereocenters. The molecule has 184 valence electrons. The largest absolute Gasteiger partial charge is 0.489 e. The lowest BCUT2D eigenvalue weighted by Crippen LogP contribution is -2.23. The molecular weight excluding hydrogens is 580 g/mol. The van der Waals surface area contributed by atoms with Crippen molar-refractivity contribution in [3.05, 3.63) is 131 Å². The molecule has 0 saturated heterocycles. The normalized spacial score (nSPS) is 12.5. The summed E-state index contributed by atoms with van der Waals surface area (Å²) in [6.45, 7) is 1.02. The van der Waals surface area contributed by atoms with E-state index in [9.17, 15) is 4.79 Å². The van der Waals surface area contributed by atoms with Gasteiger partial charge < -0.3 is 9.47 Å². The fourth-order valence-corrected chi connectivity index (χ4v) is 5.36. The van der Waals surface area contributed by atoms with Crippen LogP contribution in [0.4, 0.5) is 0 Å². The summed E-state index contributed by atoms with van der Waals surface area (Å²) in [6, 6.07) is 35.8. The summed E-state index contributed by atoms with van der Waals surface area (Å²) in [5.41, 5.74) is 4.17. The third kappa shape index (κ3) is 7.08. The maximum atomic E-state index is 13.6. The number of benzene rings is 4. The lowest BCUT2D eigenvalue weighted by molar-refractivity contribution is -0.121. The number of halogens is 2. The van der Waals surface area contributed by atoms with Crippen LogP contribution in [-0.2, 0) is 18.0 Å². The molecule has 0 aliphatic rings. The Kier molecular flexibility index (Phi) is 9.76. The number of rotatable bonds is 12. The van der Waals surface area contributed by atoms with Crippen LogP contribution in [0.3, 0.4) is 0 Å². The zero-order valence-electron chi connectivity index (χ0n) is 19.9. The number of hydrogen-bond acceptors (Lipinski definition) is 3. The summed E-state index contributed by atoms with van der Waals surface area (Å²) in [5.74, 6) is 1.21. The highest BCUT2D eigenvalue weighted by Gasteiger charge is 2.28. The van der Waals surface area contributed by atoms with Crippen LogP contribution < -0.4 is 9.47 Å². The number of carbonyl (C=O) groups excluding carboxylic acids is 1. The van der Waals surface area contributed by atoms with Crippen molar-refractivity contribution in [3.63, 3.8) is 0 Å². The first kappa shape index (κ1) is 26.2. The second kappa shape index (κ2) is 13.4. The van der Waals surface area contributed by atoms with Crippen LogP contribution in [0.2, 0.25) is 0 Å². The van der Waals surface area contributed by atoms with Crippen molar-refractivity contribution < 1.29 is 14.3 Å². The standard InChI is InChI=1S/C31H28Br2O3/c32-19-29(25-11-15-27(16-12-25)35-21-23-7-3-1-4-8-23)31(34)30(20-33)26-13-17-28(18-14-26)36-22-24-9-5-2-6-10-24/h1-18,29-30H,19-22H2. The Bertz CT molecular complexity index is 1110. The highest BCUT2D eigenvalue weighted by molar-refractivity contribution is 9.09. The monoisotopic (exact) mass is 606 g/mol. The Morgan fingerprint density at radius 1 is 0.556 bits per heavy atom. The second-order valence-corrected chi connectivity index (χ2v) is 9.80. The molecule has 0 aliphatic carbocycles. The molecule has 4 aromatic rings. The molecule has 0 fully saturated rings. The van der Waals surface area contributed by atoms with Gasteiger partial charge in [0.1, 0.15) is 30.5 Å². The van der Waals surface area contributed by atoms with Crippen LogP contribution in [0.25, 0.3) is 0 Å². The van der Waals surface area contributed by atoms with Gasteiger partial charge in [0.25, 0.3) is 0 Å². The Balaban J connectivity index is 1.39. The summed E-state index contributed by atoms with van der Waals surface area (Å²) < 4.78 is 11.8. The van der Waals surface area contributed by atoms with Crippen molar-refractivity contribution in [1.29, 1.82) is 0 Å². The fourth-order valence-electron chi connectivity index (χ4n) is 3.98. The molecule has 0 amide bonds. The predicted octanol–water partition coefficient (Wildman–Crippen LogP) is 8.07. The Morgan fingerprint density at radius 3 is 1.25 bits per heavy atom. The van der Waals surface area contributed by atoms with E-state index in [0.717, 1.165) is 33.8 Å². The Labute approximate surface area is 229 Å². The molecule has 4 rings (SSSR count). The van der Waals surface area contributed by atoms with Gasteiger partial charge in [-0.2, -0.15) is 0 Å².